The predicted molar refractivity (Wildman–Crippen MR) is 73.3 cm³/mol. The third-order valence-corrected chi connectivity index (χ3v) is 5.05. The highest BCUT2D eigenvalue weighted by Crippen LogP contribution is 2.39. The van der Waals surface area contributed by atoms with Gasteiger partial charge in [0, 0.05) is 23.3 Å². The molecule has 17 heavy (non-hydrogen) atoms. The zero-order chi connectivity index (χ0) is 12.3. The number of rotatable bonds is 4. The first-order valence-corrected chi connectivity index (χ1v) is 7.16. The summed E-state index contributed by atoms with van der Waals surface area (Å²) in [6.45, 7) is 4.16. The molecule has 2 atom stereocenters. The first-order valence-electron chi connectivity index (χ1n) is 5.40. The van der Waals surface area contributed by atoms with E-state index in [2.05, 4.69) is 28.3 Å². The molecule has 2 heterocycles. The molecule has 0 fully saturated rings. The molecule has 2 rings (SSSR count). The fraction of sp³-hybridized carbons (Fsp3) is 0.333. The zero-order valence-corrected chi connectivity index (χ0v) is 11.5. The number of nitrogens with two attached hydrogens (primary N) is 1. The lowest BCUT2D eigenvalue weighted by atomic mass is 10.1. The van der Waals surface area contributed by atoms with Crippen molar-refractivity contribution in [2.75, 3.05) is 0 Å². The second kappa shape index (κ2) is 5.62. The molecule has 2 N–H and O–H groups in total. The van der Waals surface area contributed by atoms with Gasteiger partial charge in [-0.2, -0.15) is 0 Å². The van der Waals surface area contributed by atoms with Crippen LogP contribution in [0.15, 0.2) is 35.1 Å². The van der Waals surface area contributed by atoms with Crippen LogP contribution in [0.1, 0.15) is 22.6 Å². The Hall–Kier alpha value is -0.910. The number of aromatic nitrogens is 2. The van der Waals surface area contributed by atoms with Crippen LogP contribution in [0.3, 0.4) is 0 Å². The average Bonchev–Trinajstić information content (AvgIpc) is 2.73. The average molecular weight is 265 g/mol. The smallest absolute Gasteiger partial charge is 0.115 e. The molecule has 0 bridgehead atoms. The van der Waals surface area contributed by atoms with Gasteiger partial charge in [-0.1, -0.05) is 11.8 Å². The number of nitrogens with zero attached hydrogens (tertiary/aromatic N) is 2. The van der Waals surface area contributed by atoms with Crippen LogP contribution in [0.25, 0.3) is 0 Å². The van der Waals surface area contributed by atoms with Gasteiger partial charge in [0.1, 0.15) is 5.03 Å². The molecule has 90 valence electrons. The minimum absolute atomic E-state index is 0.0827. The summed E-state index contributed by atoms with van der Waals surface area (Å²) in [6.07, 6.45) is 5.17. The Bertz CT molecular complexity index is 468. The van der Waals surface area contributed by atoms with Crippen LogP contribution < -0.4 is 5.73 Å². The van der Waals surface area contributed by atoms with Crippen LogP contribution >= 0.6 is 23.1 Å². The first kappa shape index (κ1) is 12.5. The van der Waals surface area contributed by atoms with E-state index in [1.54, 1.807) is 41.7 Å². The van der Waals surface area contributed by atoms with E-state index in [9.17, 15) is 0 Å². The standard InChI is InChI=1S/C12H15N3S2/c1-8-3-6-16-11(8)12(9(2)13)17-10-7-14-4-5-15-10/h3-7,9,12H,13H2,1-2H3. The van der Waals surface area contributed by atoms with Gasteiger partial charge in [-0.15, -0.1) is 11.3 Å². The van der Waals surface area contributed by atoms with Gasteiger partial charge in [0.05, 0.1) is 11.4 Å². The van der Waals surface area contributed by atoms with E-state index in [1.165, 1.54) is 10.4 Å². The topological polar surface area (TPSA) is 51.8 Å². The Labute approximate surface area is 109 Å². The van der Waals surface area contributed by atoms with E-state index in [4.69, 9.17) is 5.73 Å². The molecule has 0 aliphatic carbocycles. The van der Waals surface area contributed by atoms with E-state index < -0.39 is 0 Å². The summed E-state index contributed by atoms with van der Waals surface area (Å²) in [6, 6.07) is 2.21. The minimum Gasteiger partial charge on any atom is -0.327 e. The van der Waals surface area contributed by atoms with E-state index in [1.807, 2.05) is 6.92 Å². The van der Waals surface area contributed by atoms with Gasteiger partial charge in [-0.25, -0.2) is 4.98 Å². The molecule has 0 saturated heterocycles. The van der Waals surface area contributed by atoms with Gasteiger partial charge < -0.3 is 5.73 Å². The van der Waals surface area contributed by atoms with Crippen molar-refractivity contribution in [3.63, 3.8) is 0 Å². The molecular weight excluding hydrogens is 250 g/mol. The van der Waals surface area contributed by atoms with E-state index in [0.717, 1.165) is 5.03 Å². The molecule has 0 spiro atoms. The van der Waals surface area contributed by atoms with Crippen LogP contribution in [-0.4, -0.2) is 16.0 Å². The molecule has 2 unspecified atom stereocenters. The maximum Gasteiger partial charge on any atom is 0.115 e. The molecule has 2 aromatic heterocycles. The fourth-order valence-electron chi connectivity index (χ4n) is 1.55. The lowest BCUT2D eigenvalue weighted by Crippen LogP contribution is -2.22. The van der Waals surface area contributed by atoms with Crippen LogP contribution in [0, 0.1) is 6.92 Å². The van der Waals surface area contributed by atoms with Crippen molar-refractivity contribution in [1.29, 1.82) is 0 Å². The maximum absolute atomic E-state index is 6.08. The molecule has 0 aliphatic rings. The monoisotopic (exact) mass is 265 g/mol. The molecule has 0 saturated carbocycles. The molecule has 0 aromatic carbocycles. The Kier molecular flexibility index (Phi) is 4.15. The highest BCUT2D eigenvalue weighted by Gasteiger charge is 2.21. The first-order chi connectivity index (χ1) is 8.18. The summed E-state index contributed by atoms with van der Waals surface area (Å²) in [7, 11) is 0. The summed E-state index contributed by atoms with van der Waals surface area (Å²) in [5.74, 6) is 0. The van der Waals surface area contributed by atoms with E-state index in [-0.39, 0.29) is 11.3 Å². The van der Waals surface area contributed by atoms with Gasteiger partial charge in [0.25, 0.3) is 0 Å². The van der Waals surface area contributed by atoms with Gasteiger partial charge in [-0.05, 0) is 30.9 Å². The second-order valence-corrected chi connectivity index (χ2v) is 6.02. The maximum atomic E-state index is 6.08. The van der Waals surface area contributed by atoms with Gasteiger partial charge >= 0.3 is 0 Å². The molecule has 2 aromatic rings. The van der Waals surface area contributed by atoms with Crippen LogP contribution in [0.2, 0.25) is 0 Å². The Balaban J connectivity index is 2.23. The molecule has 0 radical (unpaired) electrons. The van der Waals surface area contributed by atoms with Crippen LogP contribution in [-0.2, 0) is 0 Å². The van der Waals surface area contributed by atoms with Crippen molar-refractivity contribution in [2.45, 2.75) is 30.2 Å². The molecular formula is C12H15N3S2. The minimum atomic E-state index is 0.0827. The molecule has 3 nitrogen and oxygen atoms in total. The Morgan fingerprint density at radius 3 is 2.76 bits per heavy atom. The van der Waals surface area contributed by atoms with E-state index in [0.29, 0.717) is 0 Å². The third-order valence-electron chi connectivity index (χ3n) is 2.42. The van der Waals surface area contributed by atoms with Crippen molar-refractivity contribution in [3.05, 3.63) is 40.5 Å². The Morgan fingerprint density at radius 2 is 2.24 bits per heavy atom. The van der Waals surface area contributed by atoms with Crippen molar-refractivity contribution in [2.24, 2.45) is 5.73 Å². The summed E-state index contributed by atoms with van der Waals surface area (Å²) in [5.41, 5.74) is 7.38. The molecule has 0 amide bonds. The third kappa shape index (κ3) is 3.06. The van der Waals surface area contributed by atoms with Crippen molar-refractivity contribution < 1.29 is 0 Å². The van der Waals surface area contributed by atoms with E-state index >= 15 is 0 Å². The number of hydrogen-bond acceptors (Lipinski definition) is 5. The summed E-state index contributed by atoms with van der Waals surface area (Å²) in [4.78, 5) is 9.70. The highest BCUT2D eigenvalue weighted by atomic mass is 32.2. The largest absolute Gasteiger partial charge is 0.327 e. The quantitative estimate of drug-likeness (QED) is 0.863. The Morgan fingerprint density at radius 1 is 1.41 bits per heavy atom. The zero-order valence-electron chi connectivity index (χ0n) is 9.83. The fourth-order valence-corrected chi connectivity index (χ4v) is 3.90. The lowest BCUT2D eigenvalue weighted by Gasteiger charge is -2.19. The molecule has 0 aliphatic heterocycles. The van der Waals surface area contributed by atoms with Crippen molar-refractivity contribution in [1.82, 2.24) is 9.97 Å². The van der Waals surface area contributed by atoms with Gasteiger partial charge in [0.2, 0.25) is 0 Å². The van der Waals surface area contributed by atoms with Gasteiger partial charge in [0.15, 0.2) is 0 Å². The van der Waals surface area contributed by atoms with Crippen molar-refractivity contribution >= 4 is 23.1 Å². The highest BCUT2D eigenvalue weighted by molar-refractivity contribution is 7.99. The number of hydrogen-bond donors (Lipinski definition) is 1. The molecule has 5 heteroatoms. The van der Waals surface area contributed by atoms with Crippen LogP contribution in [0.5, 0.6) is 0 Å². The summed E-state index contributed by atoms with van der Waals surface area (Å²) < 4.78 is 0. The lowest BCUT2D eigenvalue weighted by molar-refractivity contribution is 0.725. The SMILES string of the molecule is Cc1ccsc1C(Sc1cnccn1)C(C)N. The number of thiophene rings is 1. The normalized spacial score (nSPS) is 14.5. The number of thioether (sulfide) groups is 1. The van der Waals surface area contributed by atoms with Crippen LogP contribution in [0.4, 0.5) is 0 Å². The second-order valence-electron chi connectivity index (χ2n) is 3.91. The summed E-state index contributed by atoms with van der Waals surface area (Å²) in [5, 5.41) is 3.27. The van der Waals surface area contributed by atoms with Crippen molar-refractivity contribution in [3.8, 4) is 0 Å². The van der Waals surface area contributed by atoms with Gasteiger partial charge in [-0.3, -0.25) is 4.98 Å². The summed E-state index contributed by atoms with van der Waals surface area (Å²) >= 11 is 3.44. The predicted octanol–water partition coefficient (Wildman–Crippen LogP) is 3.03. The number of aryl methyl sites for hydroxylation is 1.